The van der Waals surface area contributed by atoms with E-state index < -0.39 is 5.97 Å². The largest absolute Gasteiger partial charge is 0.494 e. The third-order valence-corrected chi connectivity index (χ3v) is 6.63. The number of nitrogens with zero attached hydrogens (tertiary/aromatic N) is 3. The fourth-order valence-electron chi connectivity index (χ4n) is 3.69. The van der Waals surface area contributed by atoms with Crippen molar-refractivity contribution in [3.63, 3.8) is 0 Å². The highest BCUT2D eigenvalue weighted by Gasteiger charge is 2.17. The number of amides is 1. The van der Waals surface area contributed by atoms with Gasteiger partial charge in [0.15, 0.2) is 5.16 Å². The number of esters is 1. The van der Waals surface area contributed by atoms with Gasteiger partial charge in [-0.15, -0.1) is 16.8 Å². The number of ether oxygens (including phenoxy) is 2. The summed E-state index contributed by atoms with van der Waals surface area (Å²) in [5, 5.41) is 12.0. The first-order valence-corrected chi connectivity index (χ1v) is 13.7. The van der Waals surface area contributed by atoms with Gasteiger partial charge in [0.05, 0.1) is 30.2 Å². The Morgan fingerprint density at radius 3 is 2.53 bits per heavy atom. The minimum atomic E-state index is -0.475. The molecule has 0 saturated carbocycles. The summed E-state index contributed by atoms with van der Waals surface area (Å²) in [5.74, 6) is 1.04. The molecule has 0 radical (unpaired) electrons. The van der Waals surface area contributed by atoms with Crippen molar-refractivity contribution >= 4 is 29.3 Å². The zero-order valence-electron chi connectivity index (χ0n) is 22.5. The van der Waals surface area contributed by atoms with Crippen LogP contribution in [0.5, 0.6) is 5.75 Å². The number of hydrogen-bond donors (Lipinski definition) is 1. The lowest BCUT2D eigenvalue weighted by atomic mass is 9.87. The monoisotopic (exact) mass is 536 g/mol. The van der Waals surface area contributed by atoms with E-state index >= 15 is 0 Å². The molecule has 1 heterocycles. The van der Waals surface area contributed by atoms with Crippen LogP contribution in [0.15, 0.2) is 66.3 Å². The first-order valence-electron chi connectivity index (χ1n) is 12.7. The number of carbonyl (C=O) groups is 2. The number of thioether (sulfide) groups is 1. The molecule has 0 aliphatic rings. The predicted octanol–water partition coefficient (Wildman–Crippen LogP) is 5.68. The quantitative estimate of drug-likeness (QED) is 0.130. The van der Waals surface area contributed by atoms with Gasteiger partial charge in [0.25, 0.3) is 0 Å². The molecule has 8 nitrogen and oxygen atoms in total. The van der Waals surface area contributed by atoms with Gasteiger partial charge in [-0.3, -0.25) is 4.79 Å². The summed E-state index contributed by atoms with van der Waals surface area (Å²) in [6.45, 7) is 13.5. The number of aryl methyl sites for hydroxylation is 1. The number of nitrogens with one attached hydrogen (secondary N) is 1. The van der Waals surface area contributed by atoms with E-state index in [4.69, 9.17) is 9.47 Å². The van der Waals surface area contributed by atoms with Gasteiger partial charge < -0.3 is 19.4 Å². The van der Waals surface area contributed by atoms with Crippen molar-refractivity contribution in [3.05, 3.63) is 78.1 Å². The SMILES string of the molecule is C=CCn1c(CCCOc2ccc(C(C)(C)C)cc2)nnc1SCC(=O)Nc1ccccc1C(=O)OCC. The first-order chi connectivity index (χ1) is 18.2. The van der Waals surface area contributed by atoms with Gasteiger partial charge in [0.2, 0.25) is 5.91 Å². The highest BCUT2D eigenvalue weighted by atomic mass is 32.2. The van der Waals surface area contributed by atoms with Crippen molar-refractivity contribution < 1.29 is 19.1 Å². The van der Waals surface area contributed by atoms with Crippen LogP contribution in [0.2, 0.25) is 0 Å². The predicted molar refractivity (Wildman–Crippen MR) is 151 cm³/mol. The van der Waals surface area contributed by atoms with E-state index in [-0.39, 0.29) is 23.7 Å². The van der Waals surface area contributed by atoms with Crippen LogP contribution >= 0.6 is 11.8 Å². The lowest BCUT2D eigenvalue weighted by Crippen LogP contribution is -2.18. The number of hydrogen-bond acceptors (Lipinski definition) is 7. The minimum absolute atomic E-state index is 0.108. The molecule has 0 bridgehead atoms. The number of para-hydroxylation sites is 1. The van der Waals surface area contributed by atoms with Crippen LogP contribution in [0.3, 0.4) is 0 Å². The molecule has 3 rings (SSSR count). The Morgan fingerprint density at radius 1 is 1.11 bits per heavy atom. The molecule has 0 unspecified atom stereocenters. The van der Waals surface area contributed by atoms with Crippen molar-refractivity contribution in [3.8, 4) is 5.75 Å². The van der Waals surface area contributed by atoms with E-state index in [1.807, 2.05) is 16.7 Å². The summed E-state index contributed by atoms with van der Waals surface area (Å²) >= 11 is 1.28. The molecule has 0 aliphatic heterocycles. The van der Waals surface area contributed by atoms with Crippen LogP contribution < -0.4 is 10.1 Å². The molecule has 3 aromatic rings. The molecular weight excluding hydrogens is 500 g/mol. The maximum absolute atomic E-state index is 12.6. The third kappa shape index (κ3) is 8.21. The van der Waals surface area contributed by atoms with Crippen molar-refractivity contribution in [2.45, 2.75) is 57.7 Å². The maximum atomic E-state index is 12.6. The summed E-state index contributed by atoms with van der Waals surface area (Å²) in [6.07, 6.45) is 3.23. The number of rotatable bonds is 13. The third-order valence-electron chi connectivity index (χ3n) is 5.67. The molecule has 0 spiro atoms. The van der Waals surface area contributed by atoms with Crippen molar-refractivity contribution in [1.82, 2.24) is 14.8 Å². The van der Waals surface area contributed by atoms with Gasteiger partial charge in [-0.25, -0.2) is 4.79 Å². The Hall–Kier alpha value is -3.59. The average molecular weight is 537 g/mol. The Balaban J connectivity index is 1.53. The normalized spacial score (nSPS) is 11.2. The zero-order chi connectivity index (χ0) is 27.5. The summed E-state index contributed by atoms with van der Waals surface area (Å²) < 4.78 is 12.9. The summed E-state index contributed by atoms with van der Waals surface area (Å²) in [7, 11) is 0. The average Bonchev–Trinajstić information content (AvgIpc) is 3.27. The Bertz CT molecular complexity index is 1230. The summed E-state index contributed by atoms with van der Waals surface area (Å²) in [6, 6.07) is 15.0. The van der Waals surface area contributed by atoms with Gasteiger partial charge >= 0.3 is 5.97 Å². The van der Waals surface area contributed by atoms with E-state index in [0.717, 1.165) is 18.0 Å². The molecule has 1 aromatic heterocycles. The first kappa shape index (κ1) is 29.0. The smallest absolute Gasteiger partial charge is 0.340 e. The fraction of sp³-hybridized carbons (Fsp3) is 0.379. The van der Waals surface area contributed by atoms with Crippen LogP contribution in [-0.2, 0) is 27.9 Å². The molecule has 202 valence electrons. The molecule has 1 amide bonds. The standard InChI is InChI=1S/C29H36N4O4S/c1-6-18-33-25(13-10-19-37-22-16-14-21(15-17-22)29(3,4)5)31-32-28(33)38-20-26(34)30-24-12-9-8-11-23(24)27(35)36-7-2/h6,8-9,11-12,14-17H,1,7,10,13,18-20H2,2-5H3,(H,30,34). The maximum Gasteiger partial charge on any atom is 0.340 e. The van der Waals surface area contributed by atoms with Gasteiger partial charge in [0, 0.05) is 13.0 Å². The number of carbonyl (C=O) groups excluding carboxylic acids is 2. The lowest BCUT2D eigenvalue weighted by molar-refractivity contribution is -0.113. The van der Waals surface area contributed by atoms with Crippen LogP contribution in [0.1, 0.15) is 55.9 Å². The van der Waals surface area contributed by atoms with Gasteiger partial charge in [0.1, 0.15) is 11.6 Å². The summed E-state index contributed by atoms with van der Waals surface area (Å²) in [5.41, 5.74) is 2.11. The van der Waals surface area contributed by atoms with Crippen LogP contribution in [0.25, 0.3) is 0 Å². The number of anilines is 1. The van der Waals surface area contributed by atoms with Gasteiger partial charge in [-0.2, -0.15) is 0 Å². The second kappa shape index (κ2) is 13.8. The van der Waals surface area contributed by atoms with E-state index in [1.165, 1.54) is 17.3 Å². The van der Waals surface area contributed by atoms with Gasteiger partial charge in [-0.05, 0) is 48.6 Å². The van der Waals surface area contributed by atoms with Crippen molar-refractivity contribution in [2.75, 3.05) is 24.3 Å². The van der Waals surface area contributed by atoms with Crippen LogP contribution in [-0.4, -0.2) is 45.6 Å². The Morgan fingerprint density at radius 2 is 1.84 bits per heavy atom. The molecule has 0 aliphatic carbocycles. The van der Waals surface area contributed by atoms with Crippen LogP contribution in [0, 0.1) is 0 Å². The van der Waals surface area contributed by atoms with E-state index in [9.17, 15) is 9.59 Å². The highest BCUT2D eigenvalue weighted by Crippen LogP contribution is 2.25. The van der Waals surface area contributed by atoms with E-state index in [0.29, 0.717) is 36.0 Å². The molecular formula is C29H36N4O4S. The topological polar surface area (TPSA) is 95.3 Å². The zero-order valence-corrected chi connectivity index (χ0v) is 23.3. The van der Waals surface area contributed by atoms with Crippen molar-refractivity contribution in [2.24, 2.45) is 0 Å². The Labute approximate surface area is 228 Å². The minimum Gasteiger partial charge on any atom is -0.494 e. The number of benzene rings is 2. The Kier molecular flexibility index (Phi) is 10.5. The fourth-order valence-corrected chi connectivity index (χ4v) is 4.46. The van der Waals surface area contributed by atoms with E-state index in [1.54, 1.807) is 37.3 Å². The lowest BCUT2D eigenvalue weighted by Gasteiger charge is -2.19. The highest BCUT2D eigenvalue weighted by molar-refractivity contribution is 7.99. The van der Waals surface area contributed by atoms with E-state index in [2.05, 4.69) is 55.0 Å². The molecule has 38 heavy (non-hydrogen) atoms. The molecule has 0 saturated heterocycles. The second-order valence-corrected chi connectivity index (χ2v) is 10.6. The van der Waals surface area contributed by atoms with Gasteiger partial charge in [-0.1, -0.05) is 62.9 Å². The second-order valence-electron chi connectivity index (χ2n) is 9.63. The number of allylic oxidation sites excluding steroid dienone is 1. The molecule has 9 heteroatoms. The summed E-state index contributed by atoms with van der Waals surface area (Å²) in [4.78, 5) is 24.8. The molecule has 0 fully saturated rings. The van der Waals surface area contributed by atoms with Crippen LogP contribution in [0.4, 0.5) is 5.69 Å². The van der Waals surface area contributed by atoms with Crippen molar-refractivity contribution in [1.29, 1.82) is 0 Å². The number of aromatic nitrogens is 3. The molecule has 1 N–H and O–H groups in total. The molecule has 0 atom stereocenters. The molecule has 2 aromatic carbocycles.